The van der Waals surface area contributed by atoms with E-state index in [0.717, 1.165) is 37.6 Å². The molecule has 0 spiro atoms. The van der Waals surface area contributed by atoms with Crippen LogP contribution in [0.5, 0.6) is 11.5 Å². The van der Waals surface area contributed by atoms with E-state index in [-0.39, 0.29) is 0 Å². The molecule has 3 nitrogen and oxygen atoms in total. The maximum absolute atomic E-state index is 6.21. The zero-order valence-electron chi connectivity index (χ0n) is 16.0. The highest BCUT2D eigenvalue weighted by Gasteiger charge is 2.13. The fourth-order valence-electron chi connectivity index (χ4n) is 2.85. The van der Waals surface area contributed by atoms with Crippen molar-refractivity contribution in [1.82, 2.24) is 0 Å². The molecule has 146 valence electrons. The van der Waals surface area contributed by atoms with Crippen molar-refractivity contribution in [2.24, 2.45) is 0 Å². The first-order chi connectivity index (χ1) is 13.6. The van der Waals surface area contributed by atoms with E-state index < -0.39 is 0 Å². The van der Waals surface area contributed by atoms with Crippen LogP contribution in [0.15, 0.2) is 65.1 Å². The summed E-state index contributed by atoms with van der Waals surface area (Å²) in [6.45, 7) is 5.68. The van der Waals surface area contributed by atoms with Gasteiger partial charge in [-0.15, -0.1) is 0 Å². The summed E-state index contributed by atoms with van der Waals surface area (Å²) in [5.41, 5.74) is 4.25. The van der Waals surface area contributed by atoms with E-state index in [1.54, 1.807) is 0 Å². The first-order valence-corrected chi connectivity index (χ1v) is 10.4. The van der Waals surface area contributed by atoms with E-state index in [1.165, 1.54) is 0 Å². The molecule has 0 heterocycles. The molecule has 0 fully saturated rings. The lowest BCUT2D eigenvalue weighted by Crippen LogP contribution is -2.04. The van der Waals surface area contributed by atoms with Gasteiger partial charge in [0, 0.05) is 17.3 Å². The van der Waals surface area contributed by atoms with Crippen molar-refractivity contribution >= 4 is 33.2 Å². The van der Waals surface area contributed by atoms with Gasteiger partial charge in [0.25, 0.3) is 0 Å². The predicted octanol–water partition coefficient (Wildman–Crippen LogP) is 7.00. The summed E-state index contributed by atoms with van der Waals surface area (Å²) in [6.07, 6.45) is 0. The molecular formula is C23H23BrClNO2. The topological polar surface area (TPSA) is 30.5 Å². The molecule has 28 heavy (non-hydrogen) atoms. The number of nitrogens with one attached hydrogen (secondary N) is 1. The van der Waals surface area contributed by atoms with Crippen LogP contribution in [0.4, 0.5) is 5.69 Å². The Kier molecular flexibility index (Phi) is 7.24. The molecule has 0 amide bonds. The van der Waals surface area contributed by atoms with Gasteiger partial charge in [-0.1, -0.05) is 48.0 Å². The lowest BCUT2D eigenvalue weighted by Gasteiger charge is -2.17. The van der Waals surface area contributed by atoms with Gasteiger partial charge in [0.2, 0.25) is 0 Å². The summed E-state index contributed by atoms with van der Waals surface area (Å²) in [5, 5.41) is 4.20. The second-order valence-corrected chi connectivity index (χ2v) is 7.64. The van der Waals surface area contributed by atoms with Gasteiger partial charge in [0.1, 0.15) is 6.61 Å². The fraction of sp³-hybridized carbons (Fsp3) is 0.217. The highest BCUT2D eigenvalue weighted by Crippen LogP contribution is 2.38. The Hall–Kier alpha value is -2.17. The van der Waals surface area contributed by atoms with Gasteiger partial charge < -0.3 is 14.8 Å². The summed E-state index contributed by atoms with van der Waals surface area (Å²) < 4.78 is 12.8. The number of ether oxygens (including phenoxy) is 2. The van der Waals surface area contributed by atoms with E-state index in [4.69, 9.17) is 21.1 Å². The van der Waals surface area contributed by atoms with Gasteiger partial charge in [-0.2, -0.15) is 0 Å². The third kappa shape index (κ3) is 5.21. The first kappa shape index (κ1) is 20.6. The summed E-state index contributed by atoms with van der Waals surface area (Å²) in [6, 6.07) is 20.0. The molecule has 0 saturated carbocycles. The molecule has 5 heteroatoms. The van der Waals surface area contributed by atoms with Crippen molar-refractivity contribution in [1.29, 1.82) is 0 Å². The fourth-order valence-corrected chi connectivity index (χ4v) is 3.63. The molecule has 0 atom stereocenters. The smallest absolute Gasteiger partial charge is 0.175 e. The normalized spacial score (nSPS) is 10.6. The minimum absolute atomic E-state index is 0.485. The number of hydrogen-bond acceptors (Lipinski definition) is 3. The first-order valence-electron chi connectivity index (χ1n) is 9.19. The van der Waals surface area contributed by atoms with Crippen LogP contribution in [0, 0.1) is 6.92 Å². The van der Waals surface area contributed by atoms with Gasteiger partial charge in [-0.05, 0) is 70.7 Å². The van der Waals surface area contributed by atoms with Crippen molar-refractivity contribution < 1.29 is 9.47 Å². The zero-order valence-corrected chi connectivity index (χ0v) is 18.3. The molecule has 0 aliphatic heterocycles. The van der Waals surface area contributed by atoms with Crippen LogP contribution in [0.2, 0.25) is 5.02 Å². The molecule has 0 unspecified atom stereocenters. The van der Waals surface area contributed by atoms with E-state index >= 15 is 0 Å². The van der Waals surface area contributed by atoms with Crippen molar-refractivity contribution in [3.63, 3.8) is 0 Å². The highest BCUT2D eigenvalue weighted by atomic mass is 79.9. The third-order valence-corrected chi connectivity index (χ3v) is 5.34. The lowest BCUT2D eigenvalue weighted by molar-refractivity contribution is 0.267. The maximum atomic E-state index is 6.21. The van der Waals surface area contributed by atoms with Crippen molar-refractivity contribution in [2.75, 3.05) is 11.9 Å². The molecule has 3 rings (SSSR count). The third-order valence-electron chi connectivity index (χ3n) is 4.35. The van der Waals surface area contributed by atoms with Crippen molar-refractivity contribution in [3.05, 3.63) is 86.8 Å². The van der Waals surface area contributed by atoms with Gasteiger partial charge >= 0.3 is 0 Å². The number of hydrogen-bond donors (Lipinski definition) is 1. The Bertz CT molecular complexity index is 931. The summed E-state index contributed by atoms with van der Waals surface area (Å²) in [5.74, 6) is 1.45. The number of benzene rings is 3. The van der Waals surface area contributed by atoms with E-state index in [1.807, 2.05) is 68.4 Å². The quantitative estimate of drug-likeness (QED) is 0.392. The van der Waals surface area contributed by atoms with Crippen LogP contribution >= 0.6 is 27.5 Å². The molecule has 1 N–H and O–H groups in total. The number of halogens is 2. The van der Waals surface area contributed by atoms with Crippen LogP contribution in [-0.2, 0) is 13.2 Å². The maximum Gasteiger partial charge on any atom is 0.175 e. The van der Waals surface area contributed by atoms with Gasteiger partial charge in [0.05, 0.1) is 11.1 Å². The minimum atomic E-state index is 0.485. The molecule has 0 bridgehead atoms. The average Bonchev–Trinajstić information content (AvgIpc) is 2.69. The average molecular weight is 461 g/mol. The van der Waals surface area contributed by atoms with Gasteiger partial charge in [0.15, 0.2) is 11.5 Å². The SMILES string of the molecule is CCOc1cc(CNc2cccc(Cl)c2C)cc(Br)c1OCc1ccccc1. The number of anilines is 1. The zero-order chi connectivity index (χ0) is 19.9. The Labute approximate surface area is 179 Å². The van der Waals surface area contributed by atoms with Crippen LogP contribution in [0.3, 0.4) is 0 Å². The Balaban J connectivity index is 1.77. The van der Waals surface area contributed by atoms with E-state index in [9.17, 15) is 0 Å². The van der Waals surface area contributed by atoms with Crippen LogP contribution < -0.4 is 14.8 Å². The summed E-state index contributed by atoms with van der Waals surface area (Å²) in [4.78, 5) is 0. The standard InChI is InChI=1S/C23H23BrClNO2/c1-3-27-22-13-18(14-26-21-11-7-10-20(25)16(21)2)12-19(24)23(22)28-15-17-8-5-4-6-9-17/h4-13,26H,3,14-15H2,1-2H3. The molecule has 0 aliphatic carbocycles. The summed E-state index contributed by atoms with van der Waals surface area (Å²) in [7, 11) is 0. The van der Waals surface area contributed by atoms with E-state index in [2.05, 4.69) is 27.3 Å². The Morgan fingerprint density at radius 2 is 1.75 bits per heavy atom. The lowest BCUT2D eigenvalue weighted by atomic mass is 10.1. The highest BCUT2D eigenvalue weighted by molar-refractivity contribution is 9.10. The predicted molar refractivity (Wildman–Crippen MR) is 120 cm³/mol. The second kappa shape index (κ2) is 9.85. The Morgan fingerprint density at radius 1 is 0.964 bits per heavy atom. The molecule has 3 aromatic carbocycles. The second-order valence-electron chi connectivity index (χ2n) is 6.38. The van der Waals surface area contributed by atoms with Crippen LogP contribution in [-0.4, -0.2) is 6.61 Å². The number of rotatable bonds is 8. The summed E-state index contributed by atoms with van der Waals surface area (Å²) >= 11 is 9.85. The van der Waals surface area contributed by atoms with Crippen LogP contribution in [0.1, 0.15) is 23.6 Å². The Morgan fingerprint density at radius 3 is 2.50 bits per heavy atom. The molecule has 0 aromatic heterocycles. The van der Waals surface area contributed by atoms with Gasteiger partial charge in [-0.25, -0.2) is 0 Å². The van der Waals surface area contributed by atoms with Crippen molar-refractivity contribution in [3.8, 4) is 11.5 Å². The van der Waals surface area contributed by atoms with E-state index in [0.29, 0.717) is 25.5 Å². The largest absolute Gasteiger partial charge is 0.490 e. The van der Waals surface area contributed by atoms with Crippen molar-refractivity contribution in [2.45, 2.75) is 27.0 Å². The molecule has 3 aromatic rings. The molecular weight excluding hydrogens is 438 g/mol. The minimum Gasteiger partial charge on any atom is -0.490 e. The molecule has 0 saturated heterocycles. The molecule has 0 radical (unpaired) electrons. The molecule has 0 aliphatic rings. The monoisotopic (exact) mass is 459 g/mol. The van der Waals surface area contributed by atoms with Gasteiger partial charge in [-0.3, -0.25) is 0 Å². The van der Waals surface area contributed by atoms with Crippen LogP contribution in [0.25, 0.3) is 0 Å².